The quantitative estimate of drug-likeness (QED) is 0.392. The van der Waals surface area contributed by atoms with Gasteiger partial charge in [-0.3, -0.25) is 9.59 Å². The highest BCUT2D eigenvalue weighted by Crippen LogP contribution is 2.41. The molecule has 1 aliphatic rings. The summed E-state index contributed by atoms with van der Waals surface area (Å²) < 4.78 is 10.8. The number of methoxy groups -OCH3 is 1. The number of rotatable bonds is 8. The molecule has 36 heavy (non-hydrogen) atoms. The van der Waals surface area contributed by atoms with E-state index in [2.05, 4.69) is 16.7 Å². The zero-order valence-corrected chi connectivity index (χ0v) is 20.9. The molecule has 0 radical (unpaired) electrons. The van der Waals surface area contributed by atoms with Crippen LogP contribution in [0, 0.1) is 18.3 Å². The molecule has 0 spiro atoms. The van der Waals surface area contributed by atoms with Gasteiger partial charge in [-0.1, -0.05) is 30.0 Å². The van der Waals surface area contributed by atoms with E-state index in [0.29, 0.717) is 44.6 Å². The number of anilines is 1. The van der Waals surface area contributed by atoms with Crippen LogP contribution in [-0.2, 0) is 4.79 Å². The molecule has 8 heteroatoms. The van der Waals surface area contributed by atoms with E-state index in [0.717, 1.165) is 5.56 Å². The van der Waals surface area contributed by atoms with E-state index >= 15 is 0 Å². The molecule has 0 fully saturated rings. The van der Waals surface area contributed by atoms with Crippen molar-refractivity contribution in [2.45, 2.75) is 19.8 Å². The van der Waals surface area contributed by atoms with Gasteiger partial charge in [-0.25, -0.2) is 0 Å². The molecule has 0 bridgehead atoms. The van der Waals surface area contributed by atoms with Crippen molar-refractivity contribution < 1.29 is 18.7 Å². The minimum atomic E-state index is -0.714. The Labute approximate surface area is 213 Å². The van der Waals surface area contributed by atoms with E-state index in [1.165, 1.54) is 18.0 Å². The molecule has 0 unspecified atom stereocenters. The Bertz CT molecular complexity index is 1380. The van der Waals surface area contributed by atoms with Gasteiger partial charge in [0.1, 0.15) is 11.5 Å². The summed E-state index contributed by atoms with van der Waals surface area (Å²) in [6, 6.07) is 20.1. The van der Waals surface area contributed by atoms with Crippen LogP contribution in [0.15, 0.2) is 93.2 Å². The third kappa shape index (κ3) is 5.21. The molecule has 3 aromatic rings. The predicted molar refractivity (Wildman–Crippen MR) is 140 cm³/mol. The minimum absolute atomic E-state index is 0.0893. The van der Waals surface area contributed by atoms with Gasteiger partial charge in [0.15, 0.2) is 5.78 Å². The van der Waals surface area contributed by atoms with Crippen LogP contribution in [0.1, 0.15) is 34.5 Å². The van der Waals surface area contributed by atoms with E-state index < -0.39 is 5.92 Å². The first-order valence-corrected chi connectivity index (χ1v) is 12.2. The number of dihydropyridines is 1. The van der Waals surface area contributed by atoms with Gasteiger partial charge >= 0.3 is 0 Å². The number of benzene rings is 2. The average molecular weight is 500 g/mol. The molecule has 1 aromatic heterocycles. The van der Waals surface area contributed by atoms with Crippen LogP contribution in [0.3, 0.4) is 0 Å². The van der Waals surface area contributed by atoms with Crippen molar-refractivity contribution in [2.75, 3.05) is 18.2 Å². The molecule has 2 heterocycles. The summed E-state index contributed by atoms with van der Waals surface area (Å²) in [5, 5.41) is 16.8. The van der Waals surface area contributed by atoms with Crippen molar-refractivity contribution in [2.24, 2.45) is 0 Å². The van der Waals surface area contributed by atoms with E-state index in [4.69, 9.17) is 9.15 Å². The van der Waals surface area contributed by atoms with Gasteiger partial charge in [0, 0.05) is 16.9 Å². The maximum Gasteiger partial charge on any atom is 0.254 e. The summed E-state index contributed by atoms with van der Waals surface area (Å²) >= 11 is 1.23. The van der Waals surface area contributed by atoms with Gasteiger partial charge in [-0.15, -0.1) is 0 Å². The third-order valence-electron chi connectivity index (χ3n) is 5.87. The van der Waals surface area contributed by atoms with E-state index in [9.17, 15) is 14.9 Å². The van der Waals surface area contributed by atoms with E-state index in [-0.39, 0.29) is 17.4 Å². The van der Waals surface area contributed by atoms with Crippen LogP contribution >= 0.6 is 11.8 Å². The Morgan fingerprint density at radius 2 is 1.86 bits per heavy atom. The molecule has 7 nitrogen and oxygen atoms in total. The molecule has 2 N–H and O–H groups in total. The maximum atomic E-state index is 13.5. The van der Waals surface area contributed by atoms with Crippen LogP contribution in [0.4, 0.5) is 5.69 Å². The monoisotopic (exact) mass is 499 g/mol. The summed E-state index contributed by atoms with van der Waals surface area (Å²) in [6.07, 6.45) is 1.51. The minimum Gasteiger partial charge on any atom is -0.497 e. The van der Waals surface area contributed by atoms with Gasteiger partial charge in [0.2, 0.25) is 0 Å². The van der Waals surface area contributed by atoms with Crippen LogP contribution in [0.25, 0.3) is 0 Å². The number of nitriles is 1. The maximum absolute atomic E-state index is 13.5. The van der Waals surface area contributed by atoms with E-state index in [1.54, 1.807) is 50.4 Å². The zero-order valence-electron chi connectivity index (χ0n) is 20.1. The second kappa shape index (κ2) is 11.0. The Hall–Kier alpha value is -4.22. The summed E-state index contributed by atoms with van der Waals surface area (Å²) in [6.45, 7) is 3.69. The highest BCUT2D eigenvalue weighted by atomic mass is 32.2. The predicted octanol–water partition coefficient (Wildman–Crippen LogP) is 5.55. The normalized spacial score (nSPS) is 15.2. The molecule has 182 valence electrons. The Morgan fingerprint density at radius 3 is 2.50 bits per heavy atom. The average Bonchev–Trinajstić information content (AvgIpc) is 3.43. The fourth-order valence-corrected chi connectivity index (χ4v) is 4.95. The molecule has 1 amide bonds. The van der Waals surface area contributed by atoms with Gasteiger partial charge in [-0.2, -0.15) is 5.26 Å². The number of ketones is 1. The number of nitrogens with zero attached hydrogens (tertiary/aromatic N) is 1. The number of Topliss-reactive ketones (excluding diaryl/α,β-unsaturated/α-hetero) is 1. The van der Waals surface area contributed by atoms with Crippen molar-refractivity contribution in [1.29, 1.82) is 5.26 Å². The third-order valence-corrected chi connectivity index (χ3v) is 6.89. The first-order valence-electron chi connectivity index (χ1n) is 11.3. The number of furan rings is 1. The van der Waals surface area contributed by atoms with Crippen molar-refractivity contribution in [1.82, 2.24) is 5.32 Å². The number of allylic oxidation sites excluding steroid dienone is 2. The lowest BCUT2D eigenvalue weighted by Crippen LogP contribution is -2.31. The number of hydrogen-bond donors (Lipinski definition) is 2. The lowest BCUT2D eigenvalue weighted by atomic mass is 9.85. The SMILES string of the molecule is COc1ccc(C(=O)CSC2=C(C#N)[C@@H](c3ccco3)C(C(=O)Nc3ccccc3C)=C(C)N2)cc1. The number of amides is 1. The Kier molecular flexibility index (Phi) is 7.62. The largest absolute Gasteiger partial charge is 0.497 e. The standard InChI is InChI=1S/C28H25N3O4S/c1-17-7-4-5-8-22(17)31-27(33)25-18(2)30-28(21(15-29)26(25)24-9-6-14-35-24)36-16-23(32)19-10-12-20(34-3)13-11-19/h4-14,26,30H,16H2,1-3H3,(H,31,33)/t26-/m0/s1. The van der Waals surface area contributed by atoms with Crippen molar-refractivity contribution in [3.8, 4) is 11.8 Å². The van der Waals surface area contributed by atoms with Crippen LogP contribution < -0.4 is 15.4 Å². The lowest BCUT2D eigenvalue weighted by Gasteiger charge is -2.28. The first-order chi connectivity index (χ1) is 17.4. The smallest absolute Gasteiger partial charge is 0.254 e. The van der Waals surface area contributed by atoms with Gasteiger partial charge in [0.05, 0.1) is 47.3 Å². The number of nitrogens with one attached hydrogen (secondary N) is 2. The fraction of sp³-hybridized carbons (Fsp3) is 0.179. The summed E-state index contributed by atoms with van der Waals surface area (Å²) in [5.41, 5.74) is 3.45. The zero-order chi connectivity index (χ0) is 25.7. The second-order valence-corrected chi connectivity index (χ2v) is 9.16. The molecular formula is C28H25N3O4S. The number of aryl methyl sites for hydroxylation is 1. The molecule has 2 aromatic carbocycles. The molecule has 0 saturated heterocycles. The number of ether oxygens (including phenoxy) is 1. The van der Waals surface area contributed by atoms with Gasteiger partial charge < -0.3 is 19.8 Å². The lowest BCUT2D eigenvalue weighted by molar-refractivity contribution is -0.113. The number of hydrogen-bond acceptors (Lipinski definition) is 7. The Balaban J connectivity index is 1.62. The Morgan fingerprint density at radius 1 is 1.11 bits per heavy atom. The molecule has 0 saturated carbocycles. The van der Waals surface area contributed by atoms with Crippen LogP contribution in [-0.4, -0.2) is 24.6 Å². The molecule has 1 aliphatic heterocycles. The van der Waals surface area contributed by atoms with Crippen LogP contribution in [0.5, 0.6) is 5.75 Å². The van der Waals surface area contributed by atoms with Crippen molar-refractivity contribution in [3.05, 3.63) is 106 Å². The number of carbonyl (C=O) groups excluding carboxylic acids is 2. The highest BCUT2D eigenvalue weighted by Gasteiger charge is 2.36. The van der Waals surface area contributed by atoms with E-state index in [1.807, 2.05) is 31.2 Å². The number of thioether (sulfide) groups is 1. The summed E-state index contributed by atoms with van der Waals surface area (Å²) in [4.78, 5) is 26.2. The second-order valence-electron chi connectivity index (χ2n) is 8.18. The fourth-order valence-electron chi connectivity index (χ4n) is 3.97. The topological polar surface area (TPSA) is 104 Å². The molecule has 1 atom stereocenters. The molecule has 4 rings (SSSR count). The number of carbonyl (C=O) groups is 2. The molecule has 0 aliphatic carbocycles. The van der Waals surface area contributed by atoms with Crippen molar-refractivity contribution in [3.63, 3.8) is 0 Å². The highest BCUT2D eigenvalue weighted by molar-refractivity contribution is 8.03. The van der Waals surface area contributed by atoms with Gasteiger partial charge in [-0.05, 0) is 61.9 Å². The van der Waals surface area contributed by atoms with Crippen LogP contribution in [0.2, 0.25) is 0 Å². The summed E-state index contributed by atoms with van der Waals surface area (Å²) in [7, 11) is 1.57. The van der Waals surface area contributed by atoms with Gasteiger partial charge in [0.25, 0.3) is 5.91 Å². The molecular weight excluding hydrogens is 474 g/mol. The summed E-state index contributed by atoms with van der Waals surface area (Å²) in [5.74, 6) is 0.121. The number of para-hydroxylation sites is 1. The first kappa shape index (κ1) is 24.9. The van der Waals surface area contributed by atoms with Crippen molar-refractivity contribution >= 4 is 29.1 Å².